The molecule has 4 N–H and O–H groups in total. The van der Waals surface area contributed by atoms with E-state index in [4.69, 9.17) is 11.1 Å². The van der Waals surface area contributed by atoms with Crippen molar-refractivity contribution in [3.63, 3.8) is 0 Å². The molecule has 0 aromatic heterocycles. The molecule has 0 aliphatic carbocycles. The molecule has 0 spiro atoms. The van der Waals surface area contributed by atoms with Crippen LogP contribution in [0.4, 0.5) is 27.6 Å². The fourth-order valence-corrected chi connectivity index (χ4v) is 2.25. The molecule has 1 fully saturated rings. The molecule has 1 aliphatic heterocycles. The lowest BCUT2D eigenvalue weighted by Gasteiger charge is -2.33. The number of aliphatic imine (C=N–C) groups is 1. The van der Waals surface area contributed by atoms with Gasteiger partial charge in [0, 0.05) is 18.7 Å². The monoisotopic (exact) mass is 365 g/mol. The highest BCUT2D eigenvalue weighted by atomic mass is 19.4. The van der Waals surface area contributed by atoms with Crippen molar-refractivity contribution in [2.45, 2.75) is 25.1 Å². The molecule has 0 radical (unpaired) electrons. The number of rotatable bonds is 2. The van der Waals surface area contributed by atoms with E-state index < -0.39 is 30.5 Å². The van der Waals surface area contributed by atoms with Gasteiger partial charge >= 0.3 is 6.36 Å². The maximum Gasteiger partial charge on any atom is 0.573 e. The summed E-state index contributed by atoms with van der Waals surface area (Å²) in [5.41, 5.74) is 5.90. The number of halogens is 5. The van der Waals surface area contributed by atoms with Crippen molar-refractivity contribution in [2.24, 2.45) is 10.7 Å². The molecular weight excluding hydrogens is 349 g/mol. The maximum absolute atomic E-state index is 13.3. The van der Waals surface area contributed by atoms with Crippen LogP contribution in [0.1, 0.15) is 12.8 Å². The second-order valence-electron chi connectivity index (χ2n) is 5.40. The van der Waals surface area contributed by atoms with E-state index in [1.165, 1.54) is 17.0 Å². The summed E-state index contributed by atoms with van der Waals surface area (Å²) in [7, 11) is 0. The summed E-state index contributed by atoms with van der Waals surface area (Å²) in [5.74, 6) is -3.93. The number of alkyl halides is 5. The summed E-state index contributed by atoms with van der Waals surface area (Å²) in [5, 5.41) is 10.2. The highest BCUT2D eigenvalue weighted by Crippen LogP contribution is 2.26. The molecule has 11 heteroatoms. The van der Waals surface area contributed by atoms with Crippen molar-refractivity contribution in [1.82, 2.24) is 4.90 Å². The number of nitrogens with zero attached hydrogens (tertiary/aromatic N) is 2. The number of likely N-dealkylation sites (tertiary alicyclic amines) is 1. The minimum absolute atomic E-state index is 0.223. The van der Waals surface area contributed by atoms with Gasteiger partial charge in [-0.3, -0.25) is 5.41 Å². The van der Waals surface area contributed by atoms with E-state index in [0.717, 1.165) is 12.1 Å². The van der Waals surface area contributed by atoms with Gasteiger partial charge in [-0.2, -0.15) is 4.99 Å². The van der Waals surface area contributed by atoms with Gasteiger partial charge in [-0.15, -0.1) is 13.2 Å². The molecule has 0 amide bonds. The van der Waals surface area contributed by atoms with Crippen LogP contribution in [0.3, 0.4) is 0 Å². The highest BCUT2D eigenvalue weighted by Gasteiger charge is 2.36. The Morgan fingerprint density at radius 1 is 1.28 bits per heavy atom. The fourth-order valence-electron chi connectivity index (χ4n) is 2.25. The zero-order valence-corrected chi connectivity index (χ0v) is 12.9. The third kappa shape index (κ3) is 6.08. The van der Waals surface area contributed by atoms with Crippen LogP contribution in [0, 0.1) is 5.41 Å². The summed E-state index contributed by atoms with van der Waals surface area (Å²) in [6, 6.07) is 4.61. The van der Waals surface area contributed by atoms with Crippen molar-refractivity contribution in [3.05, 3.63) is 24.3 Å². The van der Waals surface area contributed by atoms with Crippen LogP contribution in [0.25, 0.3) is 0 Å². The molecule has 0 atom stereocenters. The minimum atomic E-state index is -4.79. The Bertz CT molecular complexity index is 644. The van der Waals surface area contributed by atoms with E-state index in [0.29, 0.717) is 6.54 Å². The summed E-state index contributed by atoms with van der Waals surface area (Å²) < 4.78 is 66.6. The lowest BCUT2D eigenvalue weighted by atomic mass is 10.1. The van der Waals surface area contributed by atoms with Gasteiger partial charge in [0.15, 0.2) is 5.96 Å². The Morgan fingerprint density at radius 3 is 2.48 bits per heavy atom. The summed E-state index contributed by atoms with van der Waals surface area (Å²) >= 11 is 0. The van der Waals surface area contributed by atoms with Crippen molar-refractivity contribution >= 4 is 17.6 Å². The van der Waals surface area contributed by atoms with E-state index in [1.54, 1.807) is 0 Å². The molecule has 1 heterocycles. The number of guanidine groups is 2. The van der Waals surface area contributed by atoms with Crippen LogP contribution in [0.2, 0.25) is 0 Å². The van der Waals surface area contributed by atoms with Crippen LogP contribution in [0.5, 0.6) is 5.75 Å². The average molecular weight is 365 g/mol. The topological polar surface area (TPSA) is 86.7 Å². The van der Waals surface area contributed by atoms with Gasteiger partial charge < -0.3 is 20.7 Å². The van der Waals surface area contributed by atoms with E-state index >= 15 is 0 Å². The molecule has 1 saturated heterocycles. The van der Waals surface area contributed by atoms with Gasteiger partial charge in [-0.1, -0.05) is 0 Å². The van der Waals surface area contributed by atoms with Crippen LogP contribution in [-0.4, -0.2) is 42.2 Å². The Morgan fingerprint density at radius 2 is 1.92 bits per heavy atom. The molecule has 0 saturated carbocycles. The number of benzene rings is 1. The largest absolute Gasteiger partial charge is 0.573 e. The summed E-state index contributed by atoms with van der Waals surface area (Å²) in [4.78, 5) is 4.87. The van der Waals surface area contributed by atoms with E-state index in [1.807, 2.05) is 0 Å². The number of anilines is 1. The Hall–Kier alpha value is -2.59. The second-order valence-corrected chi connectivity index (χ2v) is 5.40. The third-order valence-electron chi connectivity index (χ3n) is 3.29. The zero-order chi connectivity index (χ0) is 18.7. The average Bonchev–Trinajstić information content (AvgIpc) is 2.46. The maximum atomic E-state index is 13.3. The van der Waals surface area contributed by atoms with Crippen LogP contribution in [0.15, 0.2) is 29.3 Å². The van der Waals surface area contributed by atoms with Gasteiger partial charge in [0.1, 0.15) is 5.75 Å². The molecule has 25 heavy (non-hydrogen) atoms. The molecule has 0 bridgehead atoms. The standard InChI is InChI=1S/C14H16F5N5O/c15-13(16)6-1-7-24(8-13)12(21)23-11(20)22-9-2-4-10(5-3-9)25-14(17,18)19/h2-5H,1,6-8H2,(H4,20,21,22,23). The molecule has 1 aromatic rings. The number of nitrogens with one attached hydrogen (secondary N) is 2. The van der Waals surface area contributed by atoms with E-state index in [9.17, 15) is 22.0 Å². The molecule has 1 aliphatic rings. The Labute approximate surface area is 140 Å². The van der Waals surface area contributed by atoms with Crippen molar-refractivity contribution in [3.8, 4) is 5.75 Å². The lowest BCUT2D eigenvalue weighted by Crippen LogP contribution is -2.49. The van der Waals surface area contributed by atoms with Gasteiger partial charge in [-0.25, -0.2) is 8.78 Å². The van der Waals surface area contributed by atoms with Crippen molar-refractivity contribution < 1.29 is 26.7 Å². The second kappa shape index (κ2) is 7.11. The summed E-state index contributed by atoms with van der Waals surface area (Å²) in [6.07, 6.45) is -4.76. The Kier molecular flexibility index (Phi) is 5.33. The van der Waals surface area contributed by atoms with Crippen LogP contribution >= 0.6 is 0 Å². The number of hydrogen-bond acceptors (Lipinski definition) is 2. The van der Waals surface area contributed by atoms with E-state index in [2.05, 4.69) is 15.0 Å². The first-order chi connectivity index (χ1) is 11.5. The predicted octanol–water partition coefficient (Wildman–Crippen LogP) is 2.98. The third-order valence-corrected chi connectivity index (χ3v) is 3.29. The smallest absolute Gasteiger partial charge is 0.406 e. The molecule has 6 nitrogen and oxygen atoms in total. The lowest BCUT2D eigenvalue weighted by molar-refractivity contribution is -0.274. The number of nitrogens with two attached hydrogens (primary N) is 1. The van der Waals surface area contributed by atoms with Gasteiger partial charge in [0.25, 0.3) is 5.92 Å². The first kappa shape index (κ1) is 18.7. The molecular formula is C14H16F5N5O. The highest BCUT2D eigenvalue weighted by molar-refractivity contribution is 6.00. The quantitative estimate of drug-likeness (QED) is 0.427. The fraction of sp³-hybridized carbons (Fsp3) is 0.429. The number of piperidine rings is 1. The van der Waals surface area contributed by atoms with Crippen molar-refractivity contribution in [2.75, 3.05) is 18.4 Å². The molecule has 2 rings (SSSR count). The first-order valence-corrected chi connectivity index (χ1v) is 7.22. The SMILES string of the molecule is N=C(N=C(N)N1CCCC(F)(F)C1)Nc1ccc(OC(F)(F)F)cc1. The van der Waals surface area contributed by atoms with Gasteiger partial charge in [0.05, 0.1) is 6.54 Å². The minimum Gasteiger partial charge on any atom is -0.406 e. The van der Waals surface area contributed by atoms with Crippen LogP contribution < -0.4 is 15.8 Å². The first-order valence-electron chi connectivity index (χ1n) is 7.22. The van der Waals surface area contributed by atoms with E-state index in [-0.39, 0.29) is 24.5 Å². The molecule has 0 unspecified atom stereocenters. The van der Waals surface area contributed by atoms with Crippen molar-refractivity contribution in [1.29, 1.82) is 5.41 Å². The predicted molar refractivity (Wildman–Crippen MR) is 81.9 cm³/mol. The summed E-state index contributed by atoms with van der Waals surface area (Å²) in [6.45, 7) is -0.263. The molecule has 1 aromatic carbocycles. The Balaban J connectivity index is 1.95. The number of hydrogen-bond donors (Lipinski definition) is 3. The number of ether oxygens (including phenoxy) is 1. The van der Waals surface area contributed by atoms with Gasteiger partial charge in [-0.05, 0) is 30.7 Å². The van der Waals surface area contributed by atoms with Gasteiger partial charge in [0.2, 0.25) is 5.96 Å². The van der Waals surface area contributed by atoms with Crippen LogP contribution in [-0.2, 0) is 0 Å². The molecule has 138 valence electrons. The normalized spacial score (nSPS) is 18.0. The zero-order valence-electron chi connectivity index (χ0n) is 12.9.